The van der Waals surface area contributed by atoms with Gasteiger partial charge in [0, 0.05) is 0 Å². The van der Waals surface area contributed by atoms with Crippen LogP contribution >= 0.6 is 0 Å². The lowest BCUT2D eigenvalue weighted by Gasteiger charge is -2.31. The summed E-state index contributed by atoms with van der Waals surface area (Å²) in [6, 6.07) is -0.162. The third-order valence-corrected chi connectivity index (χ3v) is 3.22. The van der Waals surface area contributed by atoms with Crippen molar-refractivity contribution in [3.05, 3.63) is 12.2 Å². The fourth-order valence-electron chi connectivity index (χ4n) is 2.16. The smallest absolute Gasteiger partial charge is 0.410 e. The lowest BCUT2D eigenvalue weighted by molar-refractivity contribution is -0.0412. The molecule has 2 fully saturated rings. The normalized spacial score (nSPS) is 29.2. The van der Waals surface area contributed by atoms with E-state index in [4.69, 9.17) is 4.74 Å². The van der Waals surface area contributed by atoms with Crippen LogP contribution in [-0.2, 0) is 4.74 Å². The molecule has 1 N–H and O–H groups in total. The maximum atomic E-state index is 11.2. The van der Waals surface area contributed by atoms with Crippen molar-refractivity contribution in [2.24, 2.45) is 5.92 Å². The summed E-state index contributed by atoms with van der Waals surface area (Å²) in [5, 5.41) is 9.18. The second kappa shape index (κ2) is 3.23. The van der Waals surface area contributed by atoms with Gasteiger partial charge in [-0.1, -0.05) is 6.58 Å². The van der Waals surface area contributed by atoms with E-state index in [9.17, 15) is 9.90 Å². The van der Waals surface area contributed by atoms with Gasteiger partial charge in [0.25, 0.3) is 0 Å². The van der Waals surface area contributed by atoms with E-state index in [1.165, 1.54) is 4.90 Å². The maximum absolute atomic E-state index is 11.2. The van der Waals surface area contributed by atoms with Crippen molar-refractivity contribution in [1.29, 1.82) is 0 Å². The monoisotopic (exact) mass is 211 g/mol. The van der Waals surface area contributed by atoms with E-state index in [0.29, 0.717) is 12.5 Å². The Balaban J connectivity index is 2.18. The van der Waals surface area contributed by atoms with Gasteiger partial charge in [0.05, 0.1) is 12.6 Å². The third-order valence-electron chi connectivity index (χ3n) is 3.22. The average Bonchev–Trinajstić information content (AvgIpc) is 2.88. The topological polar surface area (TPSA) is 49.8 Å². The van der Waals surface area contributed by atoms with E-state index in [-0.39, 0.29) is 6.04 Å². The fraction of sp³-hybridized carbons (Fsp3) is 0.727. The van der Waals surface area contributed by atoms with Crippen LogP contribution < -0.4 is 0 Å². The number of hydrogen-bond donors (Lipinski definition) is 1. The molecule has 0 aromatic rings. The molecule has 0 aromatic carbocycles. The summed E-state index contributed by atoms with van der Waals surface area (Å²) in [4.78, 5) is 12.6. The summed E-state index contributed by atoms with van der Waals surface area (Å²) in [7, 11) is 0. The molecule has 0 bridgehead atoms. The molecule has 1 atom stereocenters. The summed E-state index contributed by atoms with van der Waals surface area (Å²) in [5.41, 5.74) is 0.289. The summed E-state index contributed by atoms with van der Waals surface area (Å²) < 4.78 is 5.51. The molecule has 0 aromatic heterocycles. The van der Waals surface area contributed by atoms with Crippen LogP contribution in [0.15, 0.2) is 12.2 Å². The first-order chi connectivity index (χ1) is 6.93. The largest absolute Gasteiger partial charge is 0.465 e. The van der Waals surface area contributed by atoms with Crippen LogP contribution in [0.25, 0.3) is 0 Å². The Morgan fingerprint density at radius 1 is 1.53 bits per heavy atom. The molecule has 1 aliphatic heterocycles. The van der Waals surface area contributed by atoms with E-state index < -0.39 is 11.8 Å². The highest BCUT2D eigenvalue weighted by Crippen LogP contribution is 2.42. The summed E-state index contributed by atoms with van der Waals surface area (Å²) >= 11 is 0. The molecule has 4 heteroatoms. The van der Waals surface area contributed by atoms with Gasteiger partial charge >= 0.3 is 6.09 Å². The van der Waals surface area contributed by atoms with Crippen molar-refractivity contribution in [3.63, 3.8) is 0 Å². The number of carbonyl (C=O) groups is 1. The van der Waals surface area contributed by atoms with E-state index in [1.807, 2.05) is 0 Å². The zero-order valence-electron chi connectivity index (χ0n) is 9.19. The molecule has 1 saturated heterocycles. The quantitative estimate of drug-likeness (QED) is 0.711. The van der Waals surface area contributed by atoms with Gasteiger partial charge in [0.2, 0.25) is 0 Å². The minimum atomic E-state index is -0.927. The first-order valence-electron chi connectivity index (χ1n) is 5.28. The SMILES string of the molecule is C=C(C1CC1)C1COC(C)(C)N1C(=O)O. The second-order valence-corrected chi connectivity index (χ2v) is 4.78. The Labute approximate surface area is 89.5 Å². The Hall–Kier alpha value is -1.03. The minimum Gasteiger partial charge on any atom is -0.465 e. The van der Waals surface area contributed by atoms with Crippen LogP contribution in [0.1, 0.15) is 26.7 Å². The summed E-state index contributed by atoms with van der Waals surface area (Å²) in [6.45, 7) is 8.01. The number of amides is 1. The zero-order chi connectivity index (χ0) is 11.2. The van der Waals surface area contributed by atoms with Crippen LogP contribution in [0, 0.1) is 5.92 Å². The van der Waals surface area contributed by atoms with Crippen molar-refractivity contribution >= 4 is 6.09 Å². The Morgan fingerprint density at radius 3 is 2.60 bits per heavy atom. The highest BCUT2D eigenvalue weighted by atomic mass is 16.5. The molecule has 1 saturated carbocycles. The van der Waals surface area contributed by atoms with Crippen molar-refractivity contribution in [2.75, 3.05) is 6.61 Å². The molecule has 15 heavy (non-hydrogen) atoms. The van der Waals surface area contributed by atoms with E-state index in [2.05, 4.69) is 6.58 Å². The van der Waals surface area contributed by atoms with Gasteiger partial charge in [0.1, 0.15) is 5.72 Å². The van der Waals surface area contributed by atoms with Crippen molar-refractivity contribution in [1.82, 2.24) is 4.90 Å². The van der Waals surface area contributed by atoms with Crippen molar-refractivity contribution < 1.29 is 14.6 Å². The molecule has 0 spiro atoms. The first kappa shape index (κ1) is 10.5. The van der Waals surface area contributed by atoms with Crippen molar-refractivity contribution in [3.8, 4) is 0 Å². The standard InChI is InChI=1S/C11H17NO3/c1-7(8-4-5-8)9-6-15-11(2,3)12(9)10(13)14/h8-9H,1,4-6H2,2-3H3,(H,13,14). The van der Waals surface area contributed by atoms with Crippen LogP contribution in [0.4, 0.5) is 4.79 Å². The van der Waals surface area contributed by atoms with Gasteiger partial charge in [-0.05, 0) is 38.2 Å². The molecular weight excluding hydrogens is 194 g/mol. The zero-order valence-corrected chi connectivity index (χ0v) is 9.19. The van der Waals surface area contributed by atoms with Gasteiger partial charge in [-0.2, -0.15) is 0 Å². The van der Waals surface area contributed by atoms with Crippen LogP contribution in [0.2, 0.25) is 0 Å². The lowest BCUT2D eigenvalue weighted by atomic mass is 10.0. The Bertz CT molecular complexity index is 307. The highest BCUT2D eigenvalue weighted by Gasteiger charge is 2.47. The van der Waals surface area contributed by atoms with Gasteiger partial charge in [-0.3, -0.25) is 4.90 Å². The molecule has 1 heterocycles. The fourth-order valence-corrected chi connectivity index (χ4v) is 2.16. The Kier molecular flexibility index (Phi) is 2.26. The van der Waals surface area contributed by atoms with Crippen molar-refractivity contribution in [2.45, 2.75) is 38.5 Å². The molecule has 4 nitrogen and oxygen atoms in total. The van der Waals surface area contributed by atoms with E-state index >= 15 is 0 Å². The molecular formula is C11H17NO3. The predicted octanol–water partition coefficient (Wildman–Crippen LogP) is 2.07. The van der Waals surface area contributed by atoms with Gasteiger partial charge in [-0.15, -0.1) is 0 Å². The number of rotatable bonds is 2. The van der Waals surface area contributed by atoms with Crippen LogP contribution in [0.3, 0.4) is 0 Å². The molecule has 1 amide bonds. The number of carboxylic acid groups (broad SMARTS) is 1. The summed E-state index contributed by atoms with van der Waals surface area (Å²) in [6.07, 6.45) is 1.36. The average molecular weight is 211 g/mol. The van der Waals surface area contributed by atoms with Crippen LogP contribution in [-0.4, -0.2) is 34.5 Å². The molecule has 0 radical (unpaired) electrons. The molecule has 1 aliphatic carbocycles. The lowest BCUT2D eigenvalue weighted by Crippen LogP contribution is -2.47. The minimum absolute atomic E-state index is 0.162. The van der Waals surface area contributed by atoms with Gasteiger partial charge in [0.15, 0.2) is 0 Å². The number of hydrogen-bond acceptors (Lipinski definition) is 2. The molecule has 84 valence electrons. The molecule has 2 rings (SSSR count). The maximum Gasteiger partial charge on any atom is 0.410 e. The Morgan fingerprint density at radius 2 is 2.13 bits per heavy atom. The highest BCUT2D eigenvalue weighted by molar-refractivity contribution is 5.67. The summed E-state index contributed by atoms with van der Waals surface area (Å²) in [5.74, 6) is 0.509. The predicted molar refractivity (Wildman–Crippen MR) is 55.5 cm³/mol. The third kappa shape index (κ3) is 1.74. The second-order valence-electron chi connectivity index (χ2n) is 4.78. The number of nitrogens with zero attached hydrogens (tertiary/aromatic N) is 1. The van der Waals surface area contributed by atoms with Gasteiger partial charge in [-0.25, -0.2) is 4.79 Å². The number of ether oxygens (including phenoxy) is 1. The first-order valence-corrected chi connectivity index (χ1v) is 5.28. The van der Waals surface area contributed by atoms with E-state index in [1.54, 1.807) is 13.8 Å². The molecule has 1 unspecified atom stereocenters. The molecule has 2 aliphatic rings. The van der Waals surface area contributed by atoms with Crippen LogP contribution in [0.5, 0.6) is 0 Å². The van der Waals surface area contributed by atoms with Gasteiger partial charge < -0.3 is 9.84 Å². The van der Waals surface area contributed by atoms with E-state index in [0.717, 1.165) is 18.4 Å².